The van der Waals surface area contributed by atoms with Crippen molar-refractivity contribution in [3.05, 3.63) is 41.4 Å². The van der Waals surface area contributed by atoms with Crippen molar-refractivity contribution in [1.82, 2.24) is 10.3 Å². The molecule has 1 aliphatic heterocycles. The summed E-state index contributed by atoms with van der Waals surface area (Å²) < 4.78 is 10.8. The Morgan fingerprint density at radius 2 is 2.29 bits per heavy atom. The van der Waals surface area contributed by atoms with Crippen molar-refractivity contribution in [3.8, 4) is 11.3 Å². The summed E-state index contributed by atoms with van der Waals surface area (Å²) in [6, 6.07) is 7.18. The van der Waals surface area contributed by atoms with Gasteiger partial charge in [0.2, 0.25) is 0 Å². The fourth-order valence-electron chi connectivity index (χ4n) is 2.34. The molecule has 1 unspecified atom stereocenters. The maximum absolute atomic E-state index is 12.2. The summed E-state index contributed by atoms with van der Waals surface area (Å²) in [7, 11) is 0. The van der Waals surface area contributed by atoms with E-state index in [4.69, 9.17) is 20.8 Å². The molecule has 3 rings (SSSR count). The summed E-state index contributed by atoms with van der Waals surface area (Å²) in [6.45, 7) is 1.24. The van der Waals surface area contributed by atoms with Gasteiger partial charge in [0, 0.05) is 18.7 Å². The fraction of sp³-hybridized carbons (Fsp3) is 0.333. The Labute approximate surface area is 127 Å². The molecule has 0 bridgehead atoms. The molecule has 1 aromatic heterocycles. The first kappa shape index (κ1) is 14.1. The number of hydrogen-bond acceptors (Lipinski definition) is 4. The highest BCUT2D eigenvalue weighted by molar-refractivity contribution is 6.33. The predicted molar refractivity (Wildman–Crippen MR) is 78.3 cm³/mol. The maximum atomic E-state index is 12.2. The second-order valence-electron chi connectivity index (χ2n) is 4.85. The van der Waals surface area contributed by atoms with E-state index in [9.17, 15) is 4.79 Å². The maximum Gasteiger partial charge on any atom is 0.274 e. The third kappa shape index (κ3) is 3.09. The first-order chi connectivity index (χ1) is 10.3. The third-order valence-corrected chi connectivity index (χ3v) is 3.74. The quantitative estimate of drug-likeness (QED) is 0.943. The van der Waals surface area contributed by atoms with Gasteiger partial charge in [-0.25, -0.2) is 4.98 Å². The Morgan fingerprint density at radius 1 is 1.43 bits per heavy atom. The fourth-order valence-corrected chi connectivity index (χ4v) is 2.56. The van der Waals surface area contributed by atoms with Crippen LogP contribution in [0, 0.1) is 0 Å². The molecule has 1 saturated heterocycles. The molecule has 1 aliphatic rings. The van der Waals surface area contributed by atoms with Crippen LogP contribution in [0.1, 0.15) is 23.3 Å². The molecular formula is C15H15ClN2O3. The molecule has 1 fully saturated rings. The monoisotopic (exact) mass is 306 g/mol. The lowest BCUT2D eigenvalue weighted by Gasteiger charge is -2.10. The summed E-state index contributed by atoms with van der Waals surface area (Å²) >= 11 is 6.13. The van der Waals surface area contributed by atoms with E-state index in [2.05, 4.69) is 10.3 Å². The number of nitrogens with zero attached hydrogens (tertiary/aromatic N) is 1. The van der Waals surface area contributed by atoms with E-state index in [1.807, 2.05) is 12.1 Å². The van der Waals surface area contributed by atoms with Gasteiger partial charge in [0.05, 0.1) is 11.1 Å². The van der Waals surface area contributed by atoms with Crippen LogP contribution < -0.4 is 5.32 Å². The summed E-state index contributed by atoms with van der Waals surface area (Å²) in [4.78, 5) is 16.2. The highest BCUT2D eigenvalue weighted by atomic mass is 35.5. The molecule has 2 heterocycles. The summed E-state index contributed by atoms with van der Waals surface area (Å²) in [5.41, 5.74) is 0.889. The average Bonchev–Trinajstić information content (AvgIpc) is 3.16. The Balaban J connectivity index is 1.75. The number of oxazole rings is 1. The number of amides is 1. The third-order valence-electron chi connectivity index (χ3n) is 3.42. The number of hydrogen-bond donors (Lipinski definition) is 1. The van der Waals surface area contributed by atoms with Gasteiger partial charge in [-0.05, 0) is 25.0 Å². The van der Waals surface area contributed by atoms with Gasteiger partial charge in [-0.1, -0.05) is 23.7 Å². The molecule has 5 nitrogen and oxygen atoms in total. The zero-order chi connectivity index (χ0) is 14.7. The number of benzene rings is 1. The molecular weight excluding hydrogens is 292 g/mol. The lowest BCUT2D eigenvalue weighted by atomic mass is 10.1. The van der Waals surface area contributed by atoms with Crippen molar-refractivity contribution in [1.29, 1.82) is 0 Å². The predicted octanol–water partition coefficient (Wildman–Crippen LogP) is 2.90. The first-order valence-electron chi connectivity index (χ1n) is 6.84. The van der Waals surface area contributed by atoms with Gasteiger partial charge < -0.3 is 14.5 Å². The number of aromatic nitrogens is 1. The molecule has 0 spiro atoms. The van der Waals surface area contributed by atoms with Gasteiger partial charge in [-0.3, -0.25) is 4.79 Å². The molecule has 0 aliphatic carbocycles. The molecule has 2 aromatic rings. The van der Waals surface area contributed by atoms with E-state index in [0.717, 1.165) is 19.4 Å². The van der Waals surface area contributed by atoms with E-state index in [0.29, 0.717) is 22.9 Å². The second-order valence-corrected chi connectivity index (χ2v) is 5.26. The minimum absolute atomic E-state index is 0.0876. The van der Waals surface area contributed by atoms with Gasteiger partial charge in [0.15, 0.2) is 17.8 Å². The van der Waals surface area contributed by atoms with Crippen molar-refractivity contribution in [3.63, 3.8) is 0 Å². The van der Waals surface area contributed by atoms with Crippen LogP contribution in [0.25, 0.3) is 11.3 Å². The van der Waals surface area contributed by atoms with Crippen LogP contribution in [-0.4, -0.2) is 30.1 Å². The van der Waals surface area contributed by atoms with Crippen molar-refractivity contribution in [2.24, 2.45) is 0 Å². The van der Waals surface area contributed by atoms with Crippen LogP contribution in [0.3, 0.4) is 0 Å². The summed E-state index contributed by atoms with van der Waals surface area (Å²) in [5, 5.41) is 3.34. The second kappa shape index (κ2) is 6.28. The van der Waals surface area contributed by atoms with E-state index in [1.165, 1.54) is 6.39 Å². The van der Waals surface area contributed by atoms with Gasteiger partial charge in [-0.15, -0.1) is 0 Å². The summed E-state index contributed by atoms with van der Waals surface area (Å²) in [5.74, 6) is 0.0969. The molecule has 21 heavy (non-hydrogen) atoms. The molecule has 0 saturated carbocycles. The van der Waals surface area contributed by atoms with Crippen molar-refractivity contribution in [2.75, 3.05) is 13.2 Å². The topological polar surface area (TPSA) is 64.4 Å². The van der Waals surface area contributed by atoms with Gasteiger partial charge in [0.1, 0.15) is 0 Å². The number of carbonyl (C=O) groups excluding carboxylic acids is 1. The molecule has 0 radical (unpaired) electrons. The van der Waals surface area contributed by atoms with E-state index < -0.39 is 0 Å². The lowest BCUT2D eigenvalue weighted by Crippen LogP contribution is -2.32. The Kier molecular flexibility index (Phi) is 4.22. The van der Waals surface area contributed by atoms with E-state index in [1.54, 1.807) is 12.1 Å². The van der Waals surface area contributed by atoms with E-state index in [-0.39, 0.29) is 17.7 Å². The minimum Gasteiger partial charge on any atom is -0.443 e. The van der Waals surface area contributed by atoms with Crippen molar-refractivity contribution < 1.29 is 13.9 Å². The molecule has 1 aromatic carbocycles. The Morgan fingerprint density at radius 3 is 3.05 bits per heavy atom. The minimum atomic E-state index is -0.283. The SMILES string of the molecule is O=C(NCC1CCCO1)c1ncoc1-c1ccccc1Cl. The smallest absolute Gasteiger partial charge is 0.274 e. The number of rotatable bonds is 4. The highest BCUT2D eigenvalue weighted by Crippen LogP contribution is 2.29. The van der Waals surface area contributed by atoms with Crippen LogP contribution in [0.4, 0.5) is 0 Å². The zero-order valence-electron chi connectivity index (χ0n) is 11.3. The van der Waals surface area contributed by atoms with Crippen LogP contribution in [0.2, 0.25) is 5.02 Å². The van der Waals surface area contributed by atoms with Crippen LogP contribution in [-0.2, 0) is 4.74 Å². The Bertz CT molecular complexity index is 635. The molecule has 1 N–H and O–H groups in total. The molecule has 1 amide bonds. The summed E-state index contributed by atoms with van der Waals surface area (Å²) in [6.07, 6.45) is 3.34. The van der Waals surface area contributed by atoms with Gasteiger partial charge in [0.25, 0.3) is 5.91 Å². The highest BCUT2D eigenvalue weighted by Gasteiger charge is 2.22. The number of carbonyl (C=O) groups is 1. The Hall–Kier alpha value is -1.85. The normalized spacial score (nSPS) is 17.9. The molecule has 1 atom stereocenters. The van der Waals surface area contributed by atoms with Crippen molar-refractivity contribution in [2.45, 2.75) is 18.9 Å². The molecule has 110 valence electrons. The standard InChI is InChI=1S/C15H15ClN2O3/c16-12-6-2-1-5-11(12)14-13(18-9-21-14)15(19)17-8-10-4-3-7-20-10/h1-2,5-6,9-10H,3-4,7-8H2,(H,17,19). The van der Waals surface area contributed by atoms with Crippen LogP contribution in [0.5, 0.6) is 0 Å². The molecule has 6 heteroatoms. The number of halogens is 1. The van der Waals surface area contributed by atoms with E-state index >= 15 is 0 Å². The first-order valence-corrected chi connectivity index (χ1v) is 7.21. The number of ether oxygens (including phenoxy) is 1. The van der Waals surface area contributed by atoms with Crippen molar-refractivity contribution >= 4 is 17.5 Å². The van der Waals surface area contributed by atoms with Gasteiger partial charge in [-0.2, -0.15) is 0 Å². The average molecular weight is 307 g/mol. The lowest BCUT2D eigenvalue weighted by molar-refractivity contribution is 0.0854. The van der Waals surface area contributed by atoms with Crippen LogP contribution in [0.15, 0.2) is 35.1 Å². The largest absolute Gasteiger partial charge is 0.443 e. The van der Waals surface area contributed by atoms with Gasteiger partial charge >= 0.3 is 0 Å². The number of nitrogens with one attached hydrogen (secondary N) is 1. The zero-order valence-corrected chi connectivity index (χ0v) is 12.1. The van der Waals surface area contributed by atoms with Crippen LogP contribution >= 0.6 is 11.6 Å².